The number of nitrogens with one attached hydrogen (secondary N) is 2. The molecule has 0 radical (unpaired) electrons. The van der Waals surface area contributed by atoms with Crippen LogP contribution in [0.15, 0.2) is 22.7 Å². The van der Waals surface area contributed by atoms with E-state index in [9.17, 15) is 9.59 Å². The zero-order chi connectivity index (χ0) is 12.1. The van der Waals surface area contributed by atoms with Gasteiger partial charge in [0, 0.05) is 22.8 Å². The summed E-state index contributed by atoms with van der Waals surface area (Å²) >= 11 is 8.63. The van der Waals surface area contributed by atoms with Crippen molar-refractivity contribution in [2.24, 2.45) is 0 Å². The Morgan fingerprint density at radius 3 is 2.62 bits per heavy atom. The molecule has 0 heterocycles. The fourth-order valence-corrected chi connectivity index (χ4v) is 1.69. The van der Waals surface area contributed by atoms with E-state index in [1.807, 2.05) is 0 Å². The van der Waals surface area contributed by atoms with Gasteiger partial charge < -0.3 is 10.6 Å². The molecule has 6 heteroatoms. The van der Waals surface area contributed by atoms with E-state index in [-0.39, 0.29) is 17.7 Å². The van der Waals surface area contributed by atoms with Crippen LogP contribution in [0.25, 0.3) is 0 Å². The van der Waals surface area contributed by atoms with Gasteiger partial charge in [0.25, 0.3) is 5.91 Å². The number of alkyl halides is 1. The molecule has 0 aliphatic carbocycles. The first-order valence-corrected chi connectivity index (χ1v) is 5.78. The van der Waals surface area contributed by atoms with Crippen LogP contribution in [-0.2, 0) is 4.79 Å². The van der Waals surface area contributed by atoms with Crippen molar-refractivity contribution in [3.63, 3.8) is 0 Å². The molecular formula is C10H10BrClN2O2. The number of hydrogen-bond acceptors (Lipinski definition) is 2. The highest BCUT2D eigenvalue weighted by atomic mass is 79.9. The topological polar surface area (TPSA) is 58.2 Å². The van der Waals surface area contributed by atoms with Gasteiger partial charge >= 0.3 is 0 Å². The van der Waals surface area contributed by atoms with Crippen LogP contribution in [0.4, 0.5) is 5.69 Å². The Bertz CT molecular complexity index is 423. The summed E-state index contributed by atoms with van der Waals surface area (Å²) in [6, 6.07) is 4.93. The Morgan fingerprint density at radius 2 is 2.06 bits per heavy atom. The summed E-state index contributed by atoms with van der Waals surface area (Å²) in [7, 11) is 1.54. The summed E-state index contributed by atoms with van der Waals surface area (Å²) in [5.41, 5.74) is 0.986. The monoisotopic (exact) mass is 304 g/mol. The number of anilines is 1. The van der Waals surface area contributed by atoms with Crippen molar-refractivity contribution in [2.75, 3.05) is 18.2 Å². The Kier molecular flexibility index (Phi) is 4.76. The van der Waals surface area contributed by atoms with Crippen molar-refractivity contribution in [1.82, 2.24) is 5.32 Å². The number of carbonyl (C=O) groups excluding carboxylic acids is 2. The second-order valence-corrected chi connectivity index (χ2v) is 4.17. The second-order valence-electron chi connectivity index (χ2n) is 2.99. The molecule has 2 amide bonds. The molecule has 4 nitrogen and oxygen atoms in total. The zero-order valence-corrected chi connectivity index (χ0v) is 10.9. The van der Waals surface area contributed by atoms with E-state index in [4.69, 9.17) is 11.6 Å². The first-order chi connectivity index (χ1) is 7.56. The van der Waals surface area contributed by atoms with Crippen molar-refractivity contribution in [3.8, 4) is 0 Å². The lowest BCUT2D eigenvalue weighted by molar-refractivity contribution is -0.113. The van der Waals surface area contributed by atoms with Crippen LogP contribution in [0.3, 0.4) is 0 Å². The normalized spacial score (nSPS) is 9.69. The summed E-state index contributed by atoms with van der Waals surface area (Å²) in [5.74, 6) is -0.660. The Labute approximate surface area is 106 Å². The van der Waals surface area contributed by atoms with Gasteiger partial charge in [-0.25, -0.2) is 0 Å². The van der Waals surface area contributed by atoms with Crippen LogP contribution in [-0.4, -0.2) is 24.7 Å². The largest absolute Gasteiger partial charge is 0.355 e. The van der Waals surface area contributed by atoms with Gasteiger partial charge in [0.2, 0.25) is 5.91 Å². The van der Waals surface area contributed by atoms with Gasteiger partial charge in [-0.2, -0.15) is 0 Å². The van der Waals surface area contributed by atoms with Gasteiger partial charge in [0.15, 0.2) is 0 Å². The molecule has 0 unspecified atom stereocenters. The predicted molar refractivity (Wildman–Crippen MR) is 66.9 cm³/mol. The fourth-order valence-electron chi connectivity index (χ4n) is 1.13. The number of carbonyl (C=O) groups is 2. The Morgan fingerprint density at radius 1 is 1.38 bits per heavy atom. The van der Waals surface area contributed by atoms with Crippen molar-refractivity contribution in [2.45, 2.75) is 0 Å². The minimum Gasteiger partial charge on any atom is -0.355 e. The molecule has 0 aromatic heterocycles. The molecule has 1 aromatic carbocycles. The van der Waals surface area contributed by atoms with Gasteiger partial charge in [0.1, 0.15) is 5.88 Å². The van der Waals surface area contributed by atoms with Crippen molar-refractivity contribution in [1.29, 1.82) is 0 Å². The molecular weight excluding hydrogens is 295 g/mol. The molecule has 0 aliphatic heterocycles. The van der Waals surface area contributed by atoms with Crippen LogP contribution < -0.4 is 10.6 Å². The first-order valence-electron chi connectivity index (χ1n) is 4.45. The van der Waals surface area contributed by atoms with E-state index in [1.54, 1.807) is 25.2 Å². The highest BCUT2D eigenvalue weighted by Gasteiger charge is 2.07. The molecule has 1 rings (SSSR count). The molecule has 0 aliphatic rings. The third-order valence-corrected chi connectivity index (χ3v) is 2.49. The number of rotatable bonds is 3. The molecule has 2 N–H and O–H groups in total. The van der Waals surface area contributed by atoms with E-state index in [0.29, 0.717) is 15.7 Å². The van der Waals surface area contributed by atoms with Gasteiger partial charge in [0.05, 0.1) is 0 Å². The third kappa shape index (κ3) is 3.50. The van der Waals surface area contributed by atoms with Crippen molar-refractivity contribution < 1.29 is 9.59 Å². The quantitative estimate of drug-likeness (QED) is 0.839. The average molecular weight is 306 g/mol. The molecule has 0 spiro atoms. The van der Waals surface area contributed by atoms with E-state index < -0.39 is 0 Å². The average Bonchev–Trinajstić information content (AvgIpc) is 2.27. The van der Waals surface area contributed by atoms with Crippen LogP contribution in [0, 0.1) is 0 Å². The minimum atomic E-state index is -0.317. The van der Waals surface area contributed by atoms with Gasteiger partial charge in [-0.3, -0.25) is 9.59 Å². The van der Waals surface area contributed by atoms with E-state index in [2.05, 4.69) is 26.6 Å². The van der Waals surface area contributed by atoms with Crippen LogP contribution in [0.1, 0.15) is 10.4 Å². The van der Waals surface area contributed by atoms with Crippen LogP contribution in [0.2, 0.25) is 0 Å². The van der Waals surface area contributed by atoms with Gasteiger partial charge in [-0.05, 0) is 18.2 Å². The Hall–Kier alpha value is -1.07. The molecule has 0 saturated heterocycles. The second kappa shape index (κ2) is 5.86. The third-order valence-electron chi connectivity index (χ3n) is 1.79. The maximum Gasteiger partial charge on any atom is 0.251 e. The van der Waals surface area contributed by atoms with Crippen LogP contribution in [0.5, 0.6) is 0 Å². The molecule has 0 bridgehead atoms. The predicted octanol–water partition coefficient (Wildman–Crippen LogP) is 1.99. The number of halogens is 2. The first kappa shape index (κ1) is 13.0. The lowest BCUT2D eigenvalue weighted by Gasteiger charge is -2.06. The van der Waals surface area contributed by atoms with Gasteiger partial charge in [-0.1, -0.05) is 15.9 Å². The van der Waals surface area contributed by atoms with Crippen molar-refractivity contribution in [3.05, 3.63) is 28.2 Å². The summed E-state index contributed by atoms with van der Waals surface area (Å²) in [5, 5.41) is 5.08. The molecule has 1 aromatic rings. The van der Waals surface area contributed by atoms with Crippen LogP contribution >= 0.6 is 27.5 Å². The van der Waals surface area contributed by atoms with E-state index in [0.717, 1.165) is 0 Å². The van der Waals surface area contributed by atoms with Gasteiger partial charge in [-0.15, -0.1) is 11.6 Å². The maximum absolute atomic E-state index is 11.4. The number of amides is 2. The standard InChI is InChI=1S/C10H10BrClN2O2/c1-13-10(16)6-2-7(11)4-8(3-6)14-9(15)5-12/h2-4H,5H2,1H3,(H,13,16)(H,14,15). The zero-order valence-electron chi connectivity index (χ0n) is 8.51. The summed E-state index contributed by atoms with van der Waals surface area (Å²) in [4.78, 5) is 22.5. The molecule has 0 fully saturated rings. The molecule has 0 saturated carbocycles. The number of hydrogen-bond donors (Lipinski definition) is 2. The van der Waals surface area contributed by atoms with Crippen molar-refractivity contribution >= 4 is 45.0 Å². The lowest BCUT2D eigenvalue weighted by Crippen LogP contribution is -2.18. The molecule has 16 heavy (non-hydrogen) atoms. The summed E-state index contributed by atoms with van der Waals surface area (Å²) in [6.07, 6.45) is 0. The van der Waals surface area contributed by atoms with E-state index in [1.165, 1.54) is 0 Å². The highest BCUT2D eigenvalue weighted by Crippen LogP contribution is 2.19. The van der Waals surface area contributed by atoms with E-state index >= 15 is 0 Å². The molecule has 86 valence electrons. The Balaban J connectivity index is 2.98. The smallest absolute Gasteiger partial charge is 0.251 e. The minimum absolute atomic E-state index is 0.123. The lowest BCUT2D eigenvalue weighted by atomic mass is 10.2. The highest BCUT2D eigenvalue weighted by molar-refractivity contribution is 9.10. The SMILES string of the molecule is CNC(=O)c1cc(Br)cc(NC(=O)CCl)c1. The maximum atomic E-state index is 11.4. The number of benzene rings is 1. The molecule has 0 atom stereocenters. The summed E-state index contributed by atoms with van der Waals surface area (Å²) < 4.78 is 0.707. The summed E-state index contributed by atoms with van der Waals surface area (Å²) in [6.45, 7) is 0. The fraction of sp³-hybridized carbons (Fsp3) is 0.200.